The van der Waals surface area contributed by atoms with Gasteiger partial charge in [-0.2, -0.15) is 13.2 Å². The van der Waals surface area contributed by atoms with E-state index in [-0.39, 0.29) is 13.1 Å². The molecule has 9 heteroatoms. The van der Waals surface area contributed by atoms with E-state index in [1.807, 2.05) is 0 Å². The van der Waals surface area contributed by atoms with Crippen molar-refractivity contribution in [2.24, 2.45) is 12.5 Å². The van der Waals surface area contributed by atoms with Crippen molar-refractivity contribution in [3.63, 3.8) is 0 Å². The molecule has 1 fully saturated rings. The Bertz CT molecular complexity index is 528. The Balaban J connectivity index is 2.15. The van der Waals surface area contributed by atoms with Gasteiger partial charge < -0.3 is 9.67 Å². The molecule has 2 heterocycles. The van der Waals surface area contributed by atoms with E-state index in [4.69, 9.17) is 5.11 Å². The third-order valence-corrected chi connectivity index (χ3v) is 3.85. The van der Waals surface area contributed by atoms with Crippen LogP contribution in [0.4, 0.5) is 13.2 Å². The summed E-state index contributed by atoms with van der Waals surface area (Å²) in [4.78, 5) is 12.5. The first kappa shape index (κ1) is 14.8. The fourth-order valence-corrected chi connectivity index (χ4v) is 2.34. The molecule has 0 aliphatic carbocycles. The number of likely N-dealkylation sites (tertiary alicyclic amines) is 1. The van der Waals surface area contributed by atoms with Gasteiger partial charge in [0.2, 0.25) is 0 Å². The SMILES string of the molecule is Cc1nnc(CN2CCC(C(=O)O)(C(F)(F)F)C2)n1C. The van der Waals surface area contributed by atoms with Crippen molar-refractivity contribution in [1.82, 2.24) is 19.7 Å². The minimum atomic E-state index is -4.76. The molecule has 6 nitrogen and oxygen atoms in total. The van der Waals surface area contributed by atoms with Gasteiger partial charge in [-0.3, -0.25) is 9.69 Å². The molecule has 1 saturated heterocycles. The van der Waals surface area contributed by atoms with Gasteiger partial charge in [0.25, 0.3) is 0 Å². The van der Waals surface area contributed by atoms with Crippen molar-refractivity contribution in [3.05, 3.63) is 11.6 Å². The Kier molecular flexibility index (Phi) is 3.49. The van der Waals surface area contributed by atoms with E-state index in [9.17, 15) is 18.0 Å². The van der Waals surface area contributed by atoms with Crippen molar-refractivity contribution >= 4 is 5.97 Å². The highest BCUT2D eigenvalue weighted by Gasteiger charge is 2.63. The number of carboxylic acids is 1. The second-order valence-electron chi connectivity index (χ2n) is 5.07. The number of halogens is 3. The zero-order valence-corrected chi connectivity index (χ0v) is 11.1. The molecule has 0 saturated carbocycles. The predicted molar refractivity (Wildman–Crippen MR) is 61.8 cm³/mol. The summed E-state index contributed by atoms with van der Waals surface area (Å²) >= 11 is 0. The van der Waals surface area contributed by atoms with Crippen LogP contribution in [0, 0.1) is 12.3 Å². The molecule has 0 amide bonds. The summed E-state index contributed by atoms with van der Waals surface area (Å²) in [5.41, 5.74) is -2.68. The number of alkyl halides is 3. The molecule has 2 rings (SSSR count). The second kappa shape index (κ2) is 4.72. The van der Waals surface area contributed by atoms with Crippen LogP contribution < -0.4 is 0 Å². The van der Waals surface area contributed by atoms with E-state index in [2.05, 4.69) is 10.2 Å². The molecule has 1 atom stereocenters. The number of aliphatic carboxylic acids is 1. The van der Waals surface area contributed by atoms with Crippen LogP contribution in [-0.2, 0) is 18.4 Å². The van der Waals surface area contributed by atoms with Crippen LogP contribution in [0.5, 0.6) is 0 Å². The van der Waals surface area contributed by atoms with Gasteiger partial charge in [0.1, 0.15) is 11.6 Å². The van der Waals surface area contributed by atoms with E-state index < -0.39 is 30.5 Å². The Morgan fingerprint density at radius 2 is 2.10 bits per heavy atom. The first-order valence-electron chi connectivity index (χ1n) is 6.05. The number of carbonyl (C=O) groups is 1. The zero-order valence-electron chi connectivity index (χ0n) is 11.1. The van der Waals surface area contributed by atoms with Crippen LogP contribution in [0.25, 0.3) is 0 Å². The van der Waals surface area contributed by atoms with E-state index in [1.165, 1.54) is 4.90 Å². The van der Waals surface area contributed by atoms with Gasteiger partial charge in [-0.25, -0.2) is 0 Å². The van der Waals surface area contributed by atoms with Gasteiger partial charge in [-0.15, -0.1) is 10.2 Å². The summed E-state index contributed by atoms with van der Waals surface area (Å²) < 4.78 is 40.7. The molecule has 1 aliphatic rings. The maximum Gasteiger partial charge on any atom is 0.406 e. The fraction of sp³-hybridized carbons (Fsp3) is 0.727. The molecule has 1 aromatic heterocycles. The summed E-state index contributed by atoms with van der Waals surface area (Å²) in [6, 6.07) is 0. The molecule has 0 radical (unpaired) electrons. The highest BCUT2D eigenvalue weighted by Crippen LogP contribution is 2.45. The van der Waals surface area contributed by atoms with Crippen molar-refractivity contribution < 1.29 is 23.1 Å². The highest BCUT2D eigenvalue weighted by atomic mass is 19.4. The topological polar surface area (TPSA) is 71.2 Å². The Hall–Kier alpha value is -1.64. The number of hydrogen-bond donors (Lipinski definition) is 1. The monoisotopic (exact) mass is 292 g/mol. The smallest absolute Gasteiger partial charge is 0.406 e. The lowest BCUT2D eigenvalue weighted by Crippen LogP contribution is -2.47. The molecular formula is C11H15F3N4O2. The first-order valence-corrected chi connectivity index (χ1v) is 6.05. The van der Waals surface area contributed by atoms with Crippen molar-refractivity contribution in [2.45, 2.75) is 26.1 Å². The minimum Gasteiger partial charge on any atom is -0.481 e. The molecule has 0 spiro atoms. The fourth-order valence-electron chi connectivity index (χ4n) is 2.34. The minimum absolute atomic E-state index is 0.0672. The van der Waals surface area contributed by atoms with E-state index in [0.29, 0.717) is 11.6 Å². The van der Waals surface area contributed by atoms with Crippen LogP contribution in [0.15, 0.2) is 0 Å². The van der Waals surface area contributed by atoms with Crippen molar-refractivity contribution in [3.8, 4) is 0 Å². The van der Waals surface area contributed by atoms with Crippen LogP contribution in [0.2, 0.25) is 0 Å². The average molecular weight is 292 g/mol. The molecular weight excluding hydrogens is 277 g/mol. The van der Waals surface area contributed by atoms with Gasteiger partial charge in [-0.05, 0) is 13.3 Å². The van der Waals surface area contributed by atoms with Crippen LogP contribution >= 0.6 is 0 Å². The van der Waals surface area contributed by atoms with E-state index >= 15 is 0 Å². The normalized spacial score (nSPS) is 24.2. The van der Waals surface area contributed by atoms with E-state index in [1.54, 1.807) is 18.5 Å². The summed E-state index contributed by atoms with van der Waals surface area (Å²) in [6.45, 7) is 1.40. The summed E-state index contributed by atoms with van der Waals surface area (Å²) in [5, 5.41) is 16.7. The van der Waals surface area contributed by atoms with Crippen LogP contribution in [-0.4, -0.2) is 50.0 Å². The van der Waals surface area contributed by atoms with Crippen molar-refractivity contribution in [2.75, 3.05) is 13.1 Å². The third kappa shape index (κ3) is 2.26. The zero-order chi connectivity index (χ0) is 15.1. The quantitative estimate of drug-likeness (QED) is 0.898. The standard InChI is InChI=1S/C11H15F3N4O2/c1-7-15-16-8(17(7)2)5-18-4-3-10(6-18,9(19)20)11(12,13)14/h3-6H2,1-2H3,(H,19,20). The molecule has 1 N–H and O–H groups in total. The summed E-state index contributed by atoms with van der Waals surface area (Å²) in [5.74, 6) is -0.646. The average Bonchev–Trinajstić information content (AvgIpc) is 2.89. The number of rotatable bonds is 3. The lowest BCUT2D eigenvalue weighted by Gasteiger charge is -2.27. The largest absolute Gasteiger partial charge is 0.481 e. The van der Waals surface area contributed by atoms with Gasteiger partial charge in [0, 0.05) is 20.1 Å². The molecule has 1 aromatic rings. The Labute approximate surface area is 113 Å². The van der Waals surface area contributed by atoms with Crippen molar-refractivity contribution in [1.29, 1.82) is 0 Å². The van der Waals surface area contributed by atoms with Crippen LogP contribution in [0.1, 0.15) is 18.1 Å². The van der Waals surface area contributed by atoms with Gasteiger partial charge >= 0.3 is 12.1 Å². The molecule has 112 valence electrons. The van der Waals surface area contributed by atoms with Gasteiger partial charge in [-0.1, -0.05) is 0 Å². The first-order chi connectivity index (χ1) is 9.17. The molecule has 1 aliphatic heterocycles. The maximum atomic E-state index is 13.0. The number of aryl methyl sites for hydroxylation is 1. The van der Waals surface area contributed by atoms with Gasteiger partial charge in [0.15, 0.2) is 5.41 Å². The number of carboxylic acid groups (broad SMARTS) is 1. The maximum absolute atomic E-state index is 13.0. The molecule has 0 aromatic carbocycles. The number of aromatic nitrogens is 3. The van der Waals surface area contributed by atoms with E-state index in [0.717, 1.165) is 0 Å². The second-order valence-corrected chi connectivity index (χ2v) is 5.07. The summed E-state index contributed by atoms with van der Waals surface area (Å²) in [7, 11) is 1.72. The highest BCUT2D eigenvalue weighted by molar-refractivity contribution is 5.76. The van der Waals surface area contributed by atoms with Gasteiger partial charge in [0.05, 0.1) is 6.54 Å². The number of hydrogen-bond acceptors (Lipinski definition) is 4. The van der Waals surface area contributed by atoms with Crippen LogP contribution in [0.3, 0.4) is 0 Å². The number of nitrogens with zero attached hydrogens (tertiary/aromatic N) is 4. The molecule has 0 bridgehead atoms. The molecule has 20 heavy (non-hydrogen) atoms. The Morgan fingerprint density at radius 3 is 2.50 bits per heavy atom. The lowest BCUT2D eigenvalue weighted by atomic mass is 9.86. The molecule has 1 unspecified atom stereocenters. The predicted octanol–water partition coefficient (Wildman–Crippen LogP) is 0.963. The third-order valence-electron chi connectivity index (χ3n) is 3.85. The lowest BCUT2D eigenvalue weighted by molar-refractivity contribution is -0.227. The summed E-state index contributed by atoms with van der Waals surface area (Å²) in [6.07, 6.45) is -5.20. The Morgan fingerprint density at radius 1 is 1.45 bits per heavy atom.